The largest absolute Gasteiger partial charge is 0.472 e. The summed E-state index contributed by atoms with van der Waals surface area (Å²) in [5.74, 6) is -1.35. The Hall–Kier alpha value is -3.65. The lowest BCUT2D eigenvalue weighted by molar-refractivity contribution is -0.430. The van der Waals surface area contributed by atoms with E-state index in [1.54, 1.807) is 16.8 Å². The summed E-state index contributed by atoms with van der Waals surface area (Å²) < 4.78 is 46.4. The number of amides is 3. The van der Waals surface area contributed by atoms with Gasteiger partial charge in [-0.1, -0.05) is 0 Å². The SMILES string of the molecule is CCOC(O)(OP=O)OC(=O)N(CC1CN(c2ccc(N3Cc4cn(C)nc4C3)c(F)c2)C(=O)O1)C(C)=O. The second-order valence-corrected chi connectivity index (χ2v) is 8.83. The first-order chi connectivity index (χ1) is 18.0. The fourth-order valence-electron chi connectivity index (χ4n) is 4.21. The predicted molar refractivity (Wildman–Crippen MR) is 126 cm³/mol. The molecule has 2 aromatic rings. The molecule has 0 spiro atoms. The van der Waals surface area contributed by atoms with Crippen LogP contribution in [-0.2, 0) is 48.2 Å². The Balaban J connectivity index is 1.42. The zero-order valence-corrected chi connectivity index (χ0v) is 21.6. The van der Waals surface area contributed by atoms with Crippen LogP contribution >= 0.6 is 8.69 Å². The van der Waals surface area contributed by atoms with E-state index in [9.17, 15) is 24.1 Å². The Morgan fingerprint density at radius 2 is 2.13 bits per heavy atom. The lowest BCUT2D eigenvalue weighted by Gasteiger charge is -2.27. The highest BCUT2D eigenvalue weighted by Crippen LogP contribution is 2.33. The Morgan fingerprint density at radius 3 is 2.76 bits per heavy atom. The Kier molecular flexibility index (Phi) is 7.92. The predicted octanol–water partition coefficient (Wildman–Crippen LogP) is 2.25. The molecule has 1 fully saturated rings. The van der Waals surface area contributed by atoms with E-state index in [2.05, 4.69) is 14.4 Å². The smallest absolute Gasteiger partial charge is 0.442 e. The third kappa shape index (κ3) is 5.75. The monoisotopic (exact) mass is 553 g/mol. The molecule has 0 aliphatic carbocycles. The van der Waals surface area contributed by atoms with Crippen molar-refractivity contribution < 1.29 is 47.2 Å². The van der Waals surface area contributed by atoms with Gasteiger partial charge in [-0.05, 0) is 25.1 Å². The standard InChI is InChI=1S/C22H25FN5O9P/c1-4-34-22(32,37-38-33)36-21(31)27(13(2)29)10-16-11-28(20(30)35-16)15-5-6-19(17(23)7-15)26-9-14-8-25(3)24-18(14)12-26/h5-8,16,32H,4,9-12H2,1-3H3. The normalized spacial score (nSPS) is 18.3. The van der Waals surface area contributed by atoms with Gasteiger partial charge in [0.25, 0.3) is 0 Å². The van der Waals surface area contributed by atoms with Crippen LogP contribution in [0.25, 0.3) is 0 Å². The molecule has 2 aliphatic heterocycles. The fraction of sp³-hybridized carbons (Fsp3) is 0.455. The number of aliphatic hydroxyl groups is 1. The molecule has 3 heterocycles. The number of carbonyl (C=O) groups is 3. The van der Waals surface area contributed by atoms with E-state index >= 15 is 4.39 Å². The van der Waals surface area contributed by atoms with Crippen molar-refractivity contribution in [3.05, 3.63) is 41.5 Å². The maximum atomic E-state index is 15.1. The van der Waals surface area contributed by atoms with Crippen molar-refractivity contribution in [3.8, 4) is 0 Å². The average molecular weight is 553 g/mol. The van der Waals surface area contributed by atoms with Gasteiger partial charge in [-0.15, -0.1) is 0 Å². The third-order valence-electron chi connectivity index (χ3n) is 5.83. The van der Waals surface area contributed by atoms with E-state index < -0.39 is 51.4 Å². The van der Waals surface area contributed by atoms with Gasteiger partial charge in [-0.25, -0.2) is 23.4 Å². The molecule has 1 saturated heterocycles. The highest BCUT2D eigenvalue weighted by molar-refractivity contribution is 7.17. The first-order valence-electron chi connectivity index (χ1n) is 11.5. The first kappa shape index (κ1) is 27.4. The minimum atomic E-state index is -3.01. The minimum absolute atomic E-state index is 0.111. The van der Waals surface area contributed by atoms with Crippen molar-refractivity contribution in [3.63, 3.8) is 0 Å². The Labute approximate surface area is 217 Å². The van der Waals surface area contributed by atoms with Crippen LogP contribution < -0.4 is 9.80 Å². The maximum absolute atomic E-state index is 15.1. The fourth-order valence-corrected chi connectivity index (χ4v) is 4.40. The summed E-state index contributed by atoms with van der Waals surface area (Å²) in [5, 5.41) is 14.4. The maximum Gasteiger partial charge on any atom is 0.472 e. The highest BCUT2D eigenvalue weighted by Gasteiger charge is 2.41. The van der Waals surface area contributed by atoms with Crippen LogP contribution in [0.3, 0.4) is 0 Å². The van der Waals surface area contributed by atoms with E-state index in [4.69, 9.17) is 9.47 Å². The highest BCUT2D eigenvalue weighted by atomic mass is 31.1. The number of rotatable bonds is 9. The molecule has 16 heteroatoms. The molecule has 1 aromatic carbocycles. The summed E-state index contributed by atoms with van der Waals surface area (Å²) in [6.45, 7) is 2.69. The molecule has 1 aromatic heterocycles. The van der Waals surface area contributed by atoms with Gasteiger partial charge in [0.1, 0.15) is 11.9 Å². The van der Waals surface area contributed by atoms with Crippen LogP contribution in [-0.4, -0.2) is 69.8 Å². The minimum Gasteiger partial charge on any atom is -0.442 e. The molecule has 3 amide bonds. The number of halogens is 1. The number of carbonyl (C=O) groups excluding carboxylic acids is 3. The number of ether oxygens (including phenoxy) is 3. The Bertz CT molecular complexity index is 1240. The number of aryl methyl sites for hydroxylation is 1. The number of hydrogen-bond donors (Lipinski definition) is 1. The van der Waals surface area contributed by atoms with Crippen LogP contribution in [0.4, 0.5) is 25.4 Å². The number of aromatic nitrogens is 2. The summed E-state index contributed by atoms with van der Waals surface area (Å²) in [6, 6.07) is 4.32. The van der Waals surface area contributed by atoms with Crippen molar-refractivity contribution in [2.75, 3.05) is 29.5 Å². The number of benzene rings is 1. The topological polar surface area (TPSA) is 153 Å². The van der Waals surface area contributed by atoms with E-state index in [-0.39, 0.29) is 18.8 Å². The first-order valence-corrected chi connectivity index (χ1v) is 12.2. The molecular weight excluding hydrogens is 528 g/mol. The summed E-state index contributed by atoms with van der Waals surface area (Å²) >= 11 is 0. The molecule has 0 radical (unpaired) electrons. The van der Waals surface area contributed by atoms with Gasteiger partial charge < -0.3 is 19.5 Å². The van der Waals surface area contributed by atoms with E-state index in [0.29, 0.717) is 23.7 Å². The molecular formula is C22H25FN5O9P. The zero-order valence-electron chi connectivity index (χ0n) is 20.7. The summed E-state index contributed by atoms with van der Waals surface area (Å²) in [6.07, 6.45) is -4.33. The number of cyclic esters (lactones) is 1. The van der Waals surface area contributed by atoms with Crippen molar-refractivity contribution >= 4 is 38.2 Å². The molecule has 1 N–H and O–H groups in total. The molecule has 0 bridgehead atoms. The molecule has 14 nitrogen and oxygen atoms in total. The van der Waals surface area contributed by atoms with Crippen LogP contribution in [0.15, 0.2) is 24.4 Å². The van der Waals surface area contributed by atoms with Gasteiger partial charge in [0.15, 0.2) is 0 Å². The van der Waals surface area contributed by atoms with Crippen molar-refractivity contribution in [1.29, 1.82) is 0 Å². The van der Waals surface area contributed by atoms with Crippen molar-refractivity contribution in [1.82, 2.24) is 14.7 Å². The van der Waals surface area contributed by atoms with E-state index in [1.807, 2.05) is 18.1 Å². The summed E-state index contributed by atoms with van der Waals surface area (Å²) in [5.41, 5.74) is 2.45. The second kappa shape index (κ2) is 11.0. The third-order valence-corrected chi connectivity index (χ3v) is 6.14. The number of anilines is 2. The van der Waals surface area contributed by atoms with E-state index in [1.165, 1.54) is 13.0 Å². The van der Waals surface area contributed by atoms with Gasteiger partial charge >= 0.3 is 27.0 Å². The molecule has 2 aliphatic rings. The Morgan fingerprint density at radius 1 is 1.37 bits per heavy atom. The quantitative estimate of drug-likeness (QED) is 0.359. The summed E-state index contributed by atoms with van der Waals surface area (Å²) in [4.78, 5) is 40.6. The van der Waals surface area contributed by atoms with Crippen LogP contribution in [0.5, 0.6) is 0 Å². The van der Waals surface area contributed by atoms with E-state index in [0.717, 1.165) is 23.1 Å². The number of nitrogens with zero attached hydrogens (tertiary/aromatic N) is 5. The lowest BCUT2D eigenvalue weighted by Crippen LogP contribution is -2.48. The molecule has 0 saturated carbocycles. The number of hydrogen-bond acceptors (Lipinski definition) is 11. The molecule has 2 atom stereocenters. The average Bonchev–Trinajstić information content (AvgIpc) is 3.49. The van der Waals surface area contributed by atoms with Crippen LogP contribution in [0, 0.1) is 5.82 Å². The van der Waals surface area contributed by atoms with Crippen LogP contribution in [0.2, 0.25) is 0 Å². The molecule has 2 unspecified atom stereocenters. The lowest BCUT2D eigenvalue weighted by atomic mass is 10.2. The van der Waals surface area contributed by atoms with Gasteiger partial charge in [-0.2, -0.15) is 9.62 Å². The molecule has 38 heavy (non-hydrogen) atoms. The molecule has 204 valence electrons. The van der Waals surface area contributed by atoms with Crippen LogP contribution in [0.1, 0.15) is 25.1 Å². The number of fused-ring (bicyclic) bond motifs is 1. The van der Waals surface area contributed by atoms with Gasteiger partial charge in [-0.3, -0.25) is 19.1 Å². The van der Waals surface area contributed by atoms with Crippen molar-refractivity contribution in [2.45, 2.75) is 39.2 Å². The van der Waals surface area contributed by atoms with Gasteiger partial charge in [0, 0.05) is 32.3 Å². The molecule has 4 rings (SSSR count). The summed E-state index contributed by atoms with van der Waals surface area (Å²) in [7, 11) is 0.769. The number of imide groups is 1. The van der Waals surface area contributed by atoms with Crippen molar-refractivity contribution in [2.24, 2.45) is 7.05 Å². The van der Waals surface area contributed by atoms with Gasteiger partial charge in [0.2, 0.25) is 5.91 Å². The zero-order chi connectivity index (χ0) is 27.6. The second-order valence-electron chi connectivity index (χ2n) is 8.50. The van der Waals surface area contributed by atoms with Gasteiger partial charge in [0.05, 0.1) is 43.3 Å².